The molecule has 16 heavy (non-hydrogen) atoms. The van der Waals surface area contributed by atoms with Crippen LogP contribution in [0.3, 0.4) is 0 Å². The molecule has 0 aliphatic heterocycles. The summed E-state index contributed by atoms with van der Waals surface area (Å²) in [6.07, 6.45) is 0. The van der Waals surface area contributed by atoms with Crippen molar-refractivity contribution >= 4 is 17.4 Å². The van der Waals surface area contributed by atoms with Crippen LogP contribution in [0.4, 0.5) is 5.69 Å². The van der Waals surface area contributed by atoms with Crippen LogP contribution in [-0.2, 0) is 4.74 Å². The Morgan fingerprint density at radius 3 is 2.44 bits per heavy atom. The first-order valence-corrected chi connectivity index (χ1v) is 4.35. The molecule has 0 spiro atoms. The van der Waals surface area contributed by atoms with Gasteiger partial charge in [0.1, 0.15) is 5.56 Å². The van der Waals surface area contributed by atoms with E-state index in [2.05, 4.69) is 4.74 Å². The normalized spacial score (nSPS) is 9.62. The van der Waals surface area contributed by atoms with Gasteiger partial charge in [0.2, 0.25) is 0 Å². The highest BCUT2D eigenvalue weighted by Crippen LogP contribution is 2.23. The van der Waals surface area contributed by atoms with Gasteiger partial charge in [-0.1, -0.05) is 6.07 Å². The first kappa shape index (κ1) is 11.8. The minimum Gasteiger partial charge on any atom is -0.465 e. The molecule has 6 heteroatoms. The van der Waals surface area contributed by atoms with Crippen molar-refractivity contribution in [1.29, 1.82) is 0 Å². The second kappa shape index (κ2) is 4.52. The summed E-state index contributed by atoms with van der Waals surface area (Å²) in [6, 6.07) is 3.82. The molecule has 0 atom stereocenters. The van der Waals surface area contributed by atoms with Crippen LogP contribution in [0.15, 0.2) is 18.2 Å². The van der Waals surface area contributed by atoms with Crippen LogP contribution in [-0.4, -0.2) is 23.8 Å². The van der Waals surface area contributed by atoms with Gasteiger partial charge >= 0.3 is 5.97 Å². The maximum atomic E-state index is 11.3. The van der Waals surface area contributed by atoms with Crippen LogP contribution in [0.5, 0.6) is 0 Å². The molecule has 0 fully saturated rings. The van der Waals surface area contributed by atoms with Crippen molar-refractivity contribution in [1.82, 2.24) is 0 Å². The molecule has 0 aliphatic rings. The highest BCUT2D eigenvalue weighted by molar-refractivity contribution is 6.08. The zero-order chi connectivity index (χ0) is 12.3. The van der Waals surface area contributed by atoms with E-state index in [1.165, 1.54) is 18.2 Å². The molecule has 1 rings (SSSR count). The number of nitrogens with zero attached hydrogens (tertiary/aromatic N) is 1. The third-order valence-corrected chi connectivity index (χ3v) is 2.00. The molecule has 84 valence electrons. The molecule has 6 nitrogen and oxygen atoms in total. The maximum Gasteiger partial charge on any atom is 0.338 e. The molecule has 0 aliphatic carbocycles. The Hall–Kier alpha value is -2.24. The van der Waals surface area contributed by atoms with Crippen LogP contribution in [0.1, 0.15) is 27.6 Å². The van der Waals surface area contributed by atoms with Crippen LogP contribution in [0, 0.1) is 10.1 Å². The summed E-state index contributed by atoms with van der Waals surface area (Å²) in [6.45, 7) is 1.16. The average Bonchev–Trinajstić information content (AvgIpc) is 2.26. The lowest BCUT2D eigenvalue weighted by Gasteiger charge is -2.05. The van der Waals surface area contributed by atoms with Gasteiger partial charge in [-0.2, -0.15) is 0 Å². The number of esters is 1. The summed E-state index contributed by atoms with van der Waals surface area (Å²) in [4.78, 5) is 32.6. The zero-order valence-corrected chi connectivity index (χ0v) is 8.72. The molecule has 0 amide bonds. The van der Waals surface area contributed by atoms with Crippen molar-refractivity contribution in [2.24, 2.45) is 0 Å². The van der Waals surface area contributed by atoms with Crippen molar-refractivity contribution in [2.75, 3.05) is 7.11 Å². The van der Waals surface area contributed by atoms with Gasteiger partial charge in [0.15, 0.2) is 5.78 Å². The fraction of sp³-hybridized carbons (Fsp3) is 0.200. The highest BCUT2D eigenvalue weighted by atomic mass is 16.6. The van der Waals surface area contributed by atoms with Crippen molar-refractivity contribution in [2.45, 2.75) is 6.92 Å². The van der Waals surface area contributed by atoms with E-state index in [4.69, 9.17) is 0 Å². The summed E-state index contributed by atoms with van der Waals surface area (Å²) in [5, 5.41) is 10.7. The molecule has 0 N–H and O–H groups in total. The van der Waals surface area contributed by atoms with Gasteiger partial charge in [0, 0.05) is 6.07 Å². The number of hydrogen-bond donors (Lipinski definition) is 0. The number of carbonyl (C=O) groups is 2. The quantitative estimate of drug-likeness (QED) is 0.336. The molecule has 0 saturated carbocycles. The number of methoxy groups -OCH3 is 1. The monoisotopic (exact) mass is 223 g/mol. The van der Waals surface area contributed by atoms with Crippen molar-refractivity contribution < 1.29 is 19.2 Å². The summed E-state index contributed by atoms with van der Waals surface area (Å²) in [5.74, 6) is -1.32. The SMILES string of the molecule is COC(=O)c1cccc([N+](=O)[O-])c1C(C)=O. The number of nitro groups is 1. The molecule has 1 aromatic carbocycles. The Balaban J connectivity index is 3.51. The van der Waals surface area contributed by atoms with Crippen molar-refractivity contribution in [3.63, 3.8) is 0 Å². The maximum absolute atomic E-state index is 11.3. The zero-order valence-electron chi connectivity index (χ0n) is 8.72. The number of carbonyl (C=O) groups excluding carboxylic acids is 2. The third kappa shape index (κ3) is 2.05. The van der Waals surface area contributed by atoms with Gasteiger partial charge in [-0.15, -0.1) is 0 Å². The molecule has 1 aromatic rings. The smallest absolute Gasteiger partial charge is 0.338 e. The van der Waals surface area contributed by atoms with E-state index < -0.39 is 22.4 Å². The number of Topliss-reactive ketones (excluding diaryl/α,β-unsaturated/α-hetero) is 1. The highest BCUT2D eigenvalue weighted by Gasteiger charge is 2.24. The lowest BCUT2D eigenvalue weighted by molar-refractivity contribution is -0.385. The topological polar surface area (TPSA) is 86.5 Å². The fourth-order valence-corrected chi connectivity index (χ4v) is 1.34. The summed E-state index contributed by atoms with van der Waals surface area (Å²) >= 11 is 0. The molecule has 0 heterocycles. The van der Waals surface area contributed by atoms with Gasteiger partial charge < -0.3 is 4.74 Å². The van der Waals surface area contributed by atoms with Crippen LogP contribution in [0.2, 0.25) is 0 Å². The Labute approximate surface area is 91.0 Å². The van der Waals surface area contributed by atoms with Gasteiger partial charge in [-0.25, -0.2) is 4.79 Å². The minimum atomic E-state index is -0.770. The summed E-state index contributed by atoms with van der Waals surface area (Å²) < 4.78 is 4.45. The average molecular weight is 223 g/mol. The molecule has 0 bridgehead atoms. The van der Waals surface area contributed by atoms with Gasteiger partial charge in [0.25, 0.3) is 5.69 Å². The minimum absolute atomic E-state index is 0.0933. The van der Waals surface area contributed by atoms with E-state index >= 15 is 0 Å². The molecule has 0 saturated heterocycles. The Kier molecular flexibility index (Phi) is 3.34. The standard InChI is InChI=1S/C10H9NO5/c1-6(12)9-7(10(13)16-2)4-3-5-8(9)11(14)15/h3-5H,1-2H3. The van der Waals surface area contributed by atoms with Crippen molar-refractivity contribution in [3.8, 4) is 0 Å². The number of nitro benzene ring substituents is 1. The predicted molar refractivity (Wildman–Crippen MR) is 54.4 cm³/mol. The Morgan fingerprint density at radius 2 is 2.00 bits per heavy atom. The molecular weight excluding hydrogens is 214 g/mol. The van der Waals surface area contributed by atoms with Gasteiger partial charge in [-0.05, 0) is 13.0 Å². The second-order valence-electron chi connectivity index (χ2n) is 3.00. The van der Waals surface area contributed by atoms with E-state index in [9.17, 15) is 19.7 Å². The number of rotatable bonds is 3. The van der Waals surface area contributed by atoms with E-state index in [0.717, 1.165) is 14.0 Å². The molecule has 0 unspecified atom stereocenters. The Bertz CT molecular complexity index is 466. The van der Waals surface area contributed by atoms with Crippen LogP contribution < -0.4 is 0 Å². The van der Waals surface area contributed by atoms with E-state index in [-0.39, 0.29) is 11.1 Å². The molecule has 0 radical (unpaired) electrons. The predicted octanol–water partition coefficient (Wildman–Crippen LogP) is 1.58. The summed E-state index contributed by atoms with van der Waals surface area (Å²) in [7, 11) is 1.14. The van der Waals surface area contributed by atoms with Crippen molar-refractivity contribution in [3.05, 3.63) is 39.4 Å². The number of ether oxygens (including phenoxy) is 1. The number of hydrogen-bond acceptors (Lipinski definition) is 5. The lowest BCUT2D eigenvalue weighted by atomic mass is 10.0. The number of benzene rings is 1. The largest absolute Gasteiger partial charge is 0.465 e. The van der Waals surface area contributed by atoms with Gasteiger partial charge in [-0.3, -0.25) is 14.9 Å². The summed E-state index contributed by atoms with van der Waals surface area (Å²) in [5.41, 5.74) is -0.709. The number of ketones is 1. The fourth-order valence-electron chi connectivity index (χ4n) is 1.34. The van der Waals surface area contributed by atoms with Crippen LogP contribution in [0.25, 0.3) is 0 Å². The van der Waals surface area contributed by atoms with Crippen LogP contribution >= 0.6 is 0 Å². The molecule has 0 aromatic heterocycles. The van der Waals surface area contributed by atoms with Gasteiger partial charge in [0.05, 0.1) is 17.6 Å². The van der Waals surface area contributed by atoms with E-state index in [1.807, 2.05) is 0 Å². The molecular formula is C10H9NO5. The first-order valence-electron chi connectivity index (χ1n) is 4.35. The lowest BCUT2D eigenvalue weighted by Crippen LogP contribution is -2.11. The second-order valence-corrected chi connectivity index (χ2v) is 3.00. The first-order chi connectivity index (χ1) is 7.49. The van der Waals surface area contributed by atoms with E-state index in [1.54, 1.807) is 0 Å². The van der Waals surface area contributed by atoms with E-state index in [0.29, 0.717) is 0 Å². The third-order valence-electron chi connectivity index (χ3n) is 2.00. The Morgan fingerprint density at radius 1 is 1.38 bits per heavy atom.